The second-order valence-electron chi connectivity index (χ2n) is 5.89. The zero-order valence-electron chi connectivity index (χ0n) is 13.6. The minimum atomic E-state index is -3.83. The lowest BCUT2D eigenvalue weighted by atomic mass is 9.93. The van der Waals surface area contributed by atoms with E-state index in [1.807, 2.05) is 6.92 Å². The zero-order valence-corrected chi connectivity index (χ0v) is 15.2. The number of primary sulfonamides is 1. The van der Waals surface area contributed by atoms with Gasteiger partial charge in [-0.2, -0.15) is 0 Å². The molecule has 3 rings (SSSR count). The molecule has 0 aliphatic carbocycles. The quantitative estimate of drug-likeness (QED) is 0.881. The summed E-state index contributed by atoms with van der Waals surface area (Å²) in [6.07, 6.45) is 0.418. The maximum absolute atomic E-state index is 14.1. The molecule has 1 unspecified atom stereocenters. The van der Waals surface area contributed by atoms with Gasteiger partial charge in [0.25, 0.3) is 0 Å². The highest BCUT2D eigenvalue weighted by Crippen LogP contribution is 2.44. The highest BCUT2D eigenvalue weighted by Gasteiger charge is 2.46. The number of sulfonamides is 1. The number of ketones is 1. The summed E-state index contributed by atoms with van der Waals surface area (Å²) in [4.78, 5) is 13.0. The summed E-state index contributed by atoms with van der Waals surface area (Å²) in [6.45, 7) is 3.47. The second-order valence-corrected chi connectivity index (χ2v) is 8.36. The zero-order chi connectivity index (χ0) is 18.4. The molecule has 1 aromatic heterocycles. The van der Waals surface area contributed by atoms with Gasteiger partial charge in [0.2, 0.25) is 15.8 Å². The number of ether oxygens (including phenoxy) is 1. The fraction of sp³-hybridized carbons (Fsp3) is 0.235. The number of rotatable bonds is 4. The number of hydrogen-bond acceptors (Lipinski definition) is 5. The molecule has 1 aliphatic rings. The molecular formula is C17H16FNO4S2. The summed E-state index contributed by atoms with van der Waals surface area (Å²) in [5.41, 5.74) is -0.416. The van der Waals surface area contributed by atoms with Gasteiger partial charge >= 0.3 is 0 Å². The van der Waals surface area contributed by atoms with Crippen LogP contribution in [0.2, 0.25) is 0 Å². The molecule has 1 aromatic carbocycles. The molecule has 0 bridgehead atoms. The molecule has 1 atom stereocenters. The van der Waals surface area contributed by atoms with E-state index >= 15 is 0 Å². The molecule has 0 fully saturated rings. The SMILES string of the molecule is CCC1(C)OC(c2ccc(S(N)(=O)=O)cc2)=C(c2sccc2F)C1=O. The van der Waals surface area contributed by atoms with Gasteiger partial charge in [-0.3, -0.25) is 4.79 Å². The van der Waals surface area contributed by atoms with Crippen molar-refractivity contribution in [1.82, 2.24) is 0 Å². The number of carbonyl (C=O) groups is 1. The highest BCUT2D eigenvalue weighted by molar-refractivity contribution is 7.89. The summed E-state index contributed by atoms with van der Waals surface area (Å²) >= 11 is 1.12. The predicted octanol–water partition coefficient (Wildman–Crippen LogP) is 3.17. The first-order chi connectivity index (χ1) is 11.7. The number of benzene rings is 1. The third-order valence-corrected chi connectivity index (χ3v) is 6.06. The van der Waals surface area contributed by atoms with Crippen LogP contribution in [0.15, 0.2) is 40.6 Å². The Balaban J connectivity index is 2.17. The van der Waals surface area contributed by atoms with E-state index in [1.165, 1.54) is 30.3 Å². The lowest BCUT2D eigenvalue weighted by Crippen LogP contribution is -2.32. The van der Waals surface area contributed by atoms with Crippen molar-refractivity contribution in [2.45, 2.75) is 30.8 Å². The number of halogens is 1. The van der Waals surface area contributed by atoms with Crippen molar-refractivity contribution in [2.75, 3.05) is 0 Å². The summed E-state index contributed by atoms with van der Waals surface area (Å²) < 4.78 is 42.8. The van der Waals surface area contributed by atoms with E-state index in [2.05, 4.69) is 0 Å². The molecule has 0 saturated heterocycles. The summed E-state index contributed by atoms with van der Waals surface area (Å²) in [5, 5.41) is 6.66. The van der Waals surface area contributed by atoms with Crippen molar-refractivity contribution in [3.63, 3.8) is 0 Å². The molecular weight excluding hydrogens is 365 g/mol. The first-order valence-corrected chi connectivity index (χ1v) is 9.94. The number of hydrogen-bond donors (Lipinski definition) is 1. The fourth-order valence-electron chi connectivity index (χ4n) is 2.60. The average Bonchev–Trinajstić information content (AvgIpc) is 3.09. The Hall–Kier alpha value is -2.03. The van der Waals surface area contributed by atoms with Crippen molar-refractivity contribution >= 4 is 38.5 Å². The van der Waals surface area contributed by atoms with Crippen molar-refractivity contribution in [3.8, 4) is 0 Å². The van der Waals surface area contributed by atoms with Crippen LogP contribution >= 0.6 is 11.3 Å². The highest BCUT2D eigenvalue weighted by atomic mass is 32.2. The van der Waals surface area contributed by atoms with Crippen LogP contribution in [0.4, 0.5) is 4.39 Å². The third kappa shape index (κ3) is 3.01. The number of Topliss-reactive ketones (excluding diaryl/α,β-unsaturated/α-hetero) is 1. The van der Waals surface area contributed by atoms with E-state index in [-0.39, 0.29) is 26.9 Å². The van der Waals surface area contributed by atoms with Crippen LogP contribution in [0.1, 0.15) is 30.7 Å². The van der Waals surface area contributed by atoms with Crippen molar-refractivity contribution in [2.24, 2.45) is 5.14 Å². The number of nitrogens with two attached hydrogens (primary N) is 1. The van der Waals surface area contributed by atoms with Crippen LogP contribution in [-0.4, -0.2) is 19.8 Å². The molecule has 132 valence electrons. The monoisotopic (exact) mass is 381 g/mol. The molecule has 1 aliphatic heterocycles. The first kappa shape index (κ1) is 17.8. The molecule has 0 amide bonds. The van der Waals surface area contributed by atoms with Gasteiger partial charge in [0.15, 0.2) is 5.60 Å². The molecule has 0 radical (unpaired) electrons. The van der Waals surface area contributed by atoms with Gasteiger partial charge in [-0.25, -0.2) is 17.9 Å². The molecule has 2 N–H and O–H groups in total. The molecule has 0 saturated carbocycles. The lowest BCUT2D eigenvalue weighted by molar-refractivity contribution is -0.126. The van der Waals surface area contributed by atoms with Crippen molar-refractivity contribution < 1.29 is 22.3 Å². The van der Waals surface area contributed by atoms with Gasteiger partial charge in [-0.1, -0.05) is 6.92 Å². The van der Waals surface area contributed by atoms with Gasteiger partial charge in [0, 0.05) is 5.56 Å². The Kier molecular flexibility index (Phi) is 4.30. The summed E-state index contributed by atoms with van der Waals surface area (Å²) in [6, 6.07) is 6.94. The topological polar surface area (TPSA) is 86.5 Å². The maximum atomic E-state index is 14.1. The second kappa shape index (κ2) is 6.05. The maximum Gasteiger partial charge on any atom is 0.238 e. The average molecular weight is 381 g/mol. The van der Waals surface area contributed by atoms with Crippen LogP contribution in [0.25, 0.3) is 11.3 Å². The van der Waals surface area contributed by atoms with E-state index < -0.39 is 21.4 Å². The Morgan fingerprint density at radius 3 is 2.36 bits per heavy atom. The smallest absolute Gasteiger partial charge is 0.238 e. The van der Waals surface area contributed by atoms with E-state index in [0.717, 1.165) is 11.3 Å². The molecule has 0 spiro atoms. The minimum absolute atomic E-state index is 0.0525. The van der Waals surface area contributed by atoms with Crippen molar-refractivity contribution in [3.05, 3.63) is 52.0 Å². The summed E-state index contributed by atoms with van der Waals surface area (Å²) in [5.74, 6) is -0.533. The Morgan fingerprint density at radius 2 is 1.88 bits per heavy atom. The van der Waals surface area contributed by atoms with Crippen LogP contribution in [0.3, 0.4) is 0 Å². The van der Waals surface area contributed by atoms with Crippen LogP contribution in [0.5, 0.6) is 0 Å². The molecule has 8 heteroatoms. The van der Waals surface area contributed by atoms with Crippen LogP contribution in [-0.2, 0) is 19.6 Å². The Labute approximate surface area is 149 Å². The van der Waals surface area contributed by atoms with E-state index in [9.17, 15) is 17.6 Å². The van der Waals surface area contributed by atoms with Crippen LogP contribution in [0, 0.1) is 5.82 Å². The van der Waals surface area contributed by atoms with Gasteiger partial charge in [0.05, 0.1) is 15.3 Å². The third-order valence-electron chi connectivity index (χ3n) is 4.23. The van der Waals surface area contributed by atoms with Gasteiger partial charge in [-0.15, -0.1) is 11.3 Å². The largest absolute Gasteiger partial charge is 0.478 e. The fourth-order valence-corrected chi connectivity index (χ4v) is 3.92. The molecule has 2 heterocycles. The lowest BCUT2D eigenvalue weighted by Gasteiger charge is -2.21. The Morgan fingerprint density at radius 1 is 1.24 bits per heavy atom. The summed E-state index contributed by atoms with van der Waals surface area (Å²) in [7, 11) is -3.83. The number of carbonyl (C=O) groups excluding carboxylic acids is 1. The van der Waals surface area contributed by atoms with Gasteiger partial charge in [0.1, 0.15) is 11.6 Å². The first-order valence-electron chi connectivity index (χ1n) is 7.52. The van der Waals surface area contributed by atoms with E-state index in [0.29, 0.717) is 12.0 Å². The molecule has 5 nitrogen and oxygen atoms in total. The minimum Gasteiger partial charge on any atom is -0.478 e. The van der Waals surface area contributed by atoms with Crippen molar-refractivity contribution in [1.29, 1.82) is 0 Å². The number of thiophene rings is 1. The molecule has 2 aromatic rings. The normalized spacial score (nSPS) is 20.9. The van der Waals surface area contributed by atoms with E-state index in [1.54, 1.807) is 12.3 Å². The molecule has 25 heavy (non-hydrogen) atoms. The Bertz CT molecular complexity index is 976. The van der Waals surface area contributed by atoms with E-state index in [4.69, 9.17) is 9.88 Å². The predicted molar refractivity (Wildman–Crippen MR) is 93.7 cm³/mol. The van der Waals surface area contributed by atoms with Gasteiger partial charge in [-0.05, 0) is 49.1 Å². The van der Waals surface area contributed by atoms with Gasteiger partial charge < -0.3 is 4.74 Å². The standard InChI is InChI=1S/C17H16FNO4S2/c1-3-17(2)16(20)13(15-12(18)8-9-24-15)14(23-17)10-4-6-11(7-5-10)25(19,21)22/h4-9H,3H2,1-2H3,(H2,19,21,22). The van der Waals surface area contributed by atoms with Crippen LogP contribution < -0.4 is 5.14 Å².